The molecule has 92 valence electrons. The first kappa shape index (κ1) is 14.8. The van der Waals surface area contributed by atoms with Crippen LogP contribution in [0.4, 0.5) is 0 Å². The maximum Gasteiger partial charge on any atom is 0.0617 e. The van der Waals surface area contributed by atoms with Crippen molar-refractivity contribution in [1.82, 2.24) is 4.90 Å². The van der Waals surface area contributed by atoms with Gasteiger partial charge in [0.05, 0.1) is 6.61 Å². The van der Waals surface area contributed by atoms with E-state index in [1.54, 1.807) is 14.2 Å². The average Bonchev–Trinajstić information content (AvgIpc) is 2.24. The lowest BCUT2D eigenvalue weighted by Crippen LogP contribution is -2.36. The summed E-state index contributed by atoms with van der Waals surface area (Å²) in [6, 6.07) is 0.482. The van der Waals surface area contributed by atoms with Gasteiger partial charge in [0.25, 0.3) is 0 Å². The minimum Gasteiger partial charge on any atom is -0.385 e. The molecule has 1 unspecified atom stereocenters. The molecule has 4 nitrogen and oxygen atoms in total. The van der Waals surface area contributed by atoms with E-state index in [2.05, 4.69) is 11.9 Å². The quantitative estimate of drug-likeness (QED) is 0.549. The highest BCUT2D eigenvalue weighted by Crippen LogP contribution is 2.06. The summed E-state index contributed by atoms with van der Waals surface area (Å²) in [6.45, 7) is 3.41. The highest BCUT2D eigenvalue weighted by atomic mass is 16.5. The number of hydrogen-bond acceptors (Lipinski definition) is 4. The topological polar surface area (TPSA) is 47.7 Å². The van der Waals surface area contributed by atoms with Gasteiger partial charge < -0.3 is 20.1 Å². The summed E-state index contributed by atoms with van der Waals surface area (Å²) in [5, 5.41) is 0. The van der Waals surface area contributed by atoms with Crippen LogP contribution in [-0.4, -0.2) is 58.5 Å². The lowest BCUT2D eigenvalue weighted by atomic mass is 10.1. The Hall–Kier alpha value is -0.160. The highest BCUT2D eigenvalue weighted by Gasteiger charge is 2.13. The summed E-state index contributed by atoms with van der Waals surface area (Å²) < 4.78 is 10.2. The fraction of sp³-hybridized carbons (Fsp3) is 1.00. The fourth-order valence-electron chi connectivity index (χ4n) is 1.62. The van der Waals surface area contributed by atoms with E-state index < -0.39 is 0 Å². The minimum absolute atomic E-state index is 0.482. The Labute approximate surface area is 93.7 Å². The predicted molar refractivity (Wildman–Crippen MR) is 63.1 cm³/mol. The number of rotatable bonds is 10. The highest BCUT2D eigenvalue weighted by molar-refractivity contribution is 4.68. The molecule has 0 heterocycles. The molecule has 0 aliphatic rings. The summed E-state index contributed by atoms with van der Waals surface area (Å²) >= 11 is 0. The smallest absolute Gasteiger partial charge is 0.0617 e. The Morgan fingerprint density at radius 2 is 1.93 bits per heavy atom. The Bertz CT molecular complexity index is 134. The molecule has 4 heteroatoms. The second-order valence-electron chi connectivity index (χ2n) is 3.87. The van der Waals surface area contributed by atoms with Gasteiger partial charge in [0.1, 0.15) is 0 Å². The lowest BCUT2D eigenvalue weighted by molar-refractivity contribution is 0.0921. The second kappa shape index (κ2) is 10.4. The van der Waals surface area contributed by atoms with Crippen molar-refractivity contribution in [2.24, 2.45) is 5.73 Å². The molecule has 0 aromatic rings. The molecule has 0 saturated heterocycles. The Morgan fingerprint density at radius 3 is 2.47 bits per heavy atom. The van der Waals surface area contributed by atoms with E-state index in [0.717, 1.165) is 45.6 Å². The van der Waals surface area contributed by atoms with E-state index in [1.807, 2.05) is 0 Å². The molecule has 0 aromatic carbocycles. The van der Waals surface area contributed by atoms with Gasteiger partial charge in [-0.1, -0.05) is 0 Å². The van der Waals surface area contributed by atoms with Crippen LogP contribution in [0.1, 0.15) is 19.3 Å². The first-order chi connectivity index (χ1) is 7.26. The van der Waals surface area contributed by atoms with E-state index in [9.17, 15) is 0 Å². The number of likely N-dealkylation sites (N-methyl/N-ethyl adjacent to an activating group) is 1. The van der Waals surface area contributed by atoms with Gasteiger partial charge in [-0.05, 0) is 32.9 Å². The molecular weight excluding hydrogens is 192 g/mol. The lowest BCUT2D eigenvalue weighted by Gasteiger charge is -2.27. The van der Waals surface area contributed by atoms with Crippen LogP contribution in [0.25, 0.3) is 0 Å². The van der Waals surface area contributed by atoms with E-state index in [1.165, 1.54) is 0 Å². The van der Waals surface area contributed by atoms with Crippen LogP contribution in [0, 0.1) is 0 Å². The molecule has 2 N–H and O–H groups in total. The zero-order chi connectivity index (χ0) is 11.5. The van der Waals surface area contributed by atoms with Crippen LogP contribution in [-0.2, 0) is 9.47 Å². The van der Waals surface area contributed by atoms with E-state index in [4.69, 9.17) is 15.2 Å². The van der Waals surface area contributed by atoms with Gasteiger partial charge in [-0.2, -0.15) is 0 Å². The van der Waals surface area contributed by atoms with Crippen molar-refractivity contribution in [2.75, 3.05) is 47.6 Å². The number of hydrogen-bond donors (Lipinski definition) is 1. The predicted octanol–water partition coefficient (Wildman–Crippen LogP) is 0.709. The van der Waals surface area contributed by atoms with Crippen LogP contribution < -0.4 is 5.73 Å². The Morgan fingerprint density at radius 1 is 1.20 bits per heavy atom. The molecule has 0 bridgehead atoms. The second-order valence-corrected chi connectivity index (χ2v) is 3.87. The van der Waals surface area contributed by atoms with Crippen molar-refractivity contribution >= 4 is 0 Å². The van der Waals surface area contributed by atoms with Gasteiger partial charge in [-0.3, -0.25) is 0 Å². The largest absolute Gasteiger partial charge is 0.385 e. The summed E-state index contributed by atoms with van der Waals surface area (Å²) in [7, 11) is 5.62. The van der Waals surface area contributed by atoms with Gasteiger partial charge in [-0.25, -0.2) is 0 Å². The summed E-state index contributed by atoms with van der Waals surface area (Å²) in [4.78, 5) is 2.33. The normalized spacial score (nSPS) is 13.4. The molecule has 15 heavy (non-hydrogen) atoms. The van der Waals surface area contributed by atoms with Gasteiger partial charge in [-0.15, -0.1) is 0 Å². The van der Waals surface area contributed by atoms with Crippen molar-refractivity contribution in [3.8, 4) is 0 Å². The maximum absolute atomic E-state index is 5.52. The molecule has 0 saturated carbocycles. The van der Waals surface area contributed by atoms with Crippen LogP contribution in [0.5, 0.6) is 0 Å². The van der Waals surface area contributed by atoms with Crippen molar-refractivity contribution in [1.29, 1.82) is 0 Å². The van der Waals surface area contributed by atoms with Crippen LogP contribution in [0.2, 0.25) is 0 Å². The van der Waals surface area contributed by atoms with Crippen molar-refractivity contribution in [2.45, 2.75) is 25.3 Å². The first-order valence-electron chi connectivity index (χ1n) is 5.64. The number of ether oxygens (including phenoxy) is 2. The van der Waals surface area contributed by atoms with E-state index >= 15 is 0 Å². The molecule has 0 fully saturated rings. The van der Waals surface area contributed by atoms with Crippen LogP contribution in [0.15, 0.2) is 0 Å². The van der Waals surface area contributed by atoms with Crippen molar-refractivity contribution in [3.05, 3.63) is 0 Å². The molecule has 1 atom stereocenters. The molecular formula is C11H26N2O2. The Balaban J connectivity index is 3.75. The third-order valence-electron chi connectivity index (χ3n) is 2.58. The standard InChI is InChI=1S/C11H26N2O2/c1-13(8-5-9-14-2)11(10-15-3)6-4-7-12/h11H,4-10,12H2,1-3H3. The van der Waals surface area contributed by atoms with Crippen molar-refractivity contribution < 1.29 is 9.47 Å². The zero-order valence-corrected chi connectivity index (χ0v) is 10.4. The first-order valence-corrected chi connectivity index (χ1v) is 5.64. The van der Waals surface area contributed by atoms with Crippen molar-refractivity contribution in [3.63, 3.8) is 0 Å². The molecule has 0 spiro atoms. The van der Waals surface area contributed by atoms with E-state index in [0.29, 0.717) is 6.04 Å². The van der Waals surface area contributed by atoms with Crippen LogP contribution >= 0.6 is 0 Å². The van der Waals surface area contributed by atoms with Gasteiger partial charge in [0.2, 0.25) is 0 Å². The van der Waals surface area contributed by atoms with Gasteiger partial charge >= 0.3 is 0 Å². The minimum atomic E-state index is 0.482. The SMILES string of the molecule is COCCCN(C)C(CCCN)COC. The molecule has 0 radical (unpaired) electrons. The van der Waals surface area contributed by atoms with Gasteiger partial charge in [0, 0.05) is 33.4 Å². The van der Waals surface area contributed by atoms with Gasteiger partial charge in [0.15, 0.2) is 0 Å². The average molecular weight is 218 g/mol. The molecule has 0 rings (SSSR count). The fourth-order valence-corrected chi connectivity index (χ4v) is 1.62. The number of nitrogens with two attached hydrogens (primary N) is 1. The third-order valence-corrected chi connectivity index (χ3v) is 2.58. The monoisotopic (exact) mass is 218 g/mol. The Kier molecular flexibility index (Phi) is 10.3. The summed E-state index contributed by atoms with van der Waals surface area (Å²) in [5.41, 5.74) is 5.52. The number of nitrogens with zero attached hydrogens (tertiary/aromatic N) is 1. The number of methoxy groups -OCH3 is 2. The zero-order valence-electron chi connectivity index (χ0n) is 10.4. The molecule has 0 aliphatic heterocycles. The third kappa shape index (κ3) is 7.73. The molecule has 0 aliphatic carbocycles. The van der Waals surface area contributed by atoms with Crippen LogP contribution in [0.3, 0.4) is 0 Å². The summed E-state index contributed by atoms with van der Waals surface area (Å²) in [6.07, 6.45) is 3.23. The van der Waals surface area contributed by atoms with E-state index in [-0.39, 0.29) is 0 Å². The molecule has 0 aromatic heterocycles. The summed E-state index contributed by atoms with van der Waals surface area (Å²) in [5.74, 6) is 0. The molecule has 0 amide bonds. The maximum atomic E-state index is 5.52.